The topological polar surface area (TPSA) is 90.6 Å². The molecule has 1 unspecified atom stereocenters. The van der Waals surface area contributed by atoms with Crippen LogP contribution in [-0.4, -0.2) is 31.1 Å². The van der Waals surface area contributed by atoms with Crippen molar-refractivity contribution in [2.45, 2.75) is 26.3 Å². The van der Waals surface area contributed by atoms with Crippen LogP contribution in [0, 0.1) is 0 Å². The average molecular weight is 280 g/mol. The fourth-order valence-electron chi connectivity index (χ4n) is 1.35. The van der Waals surface area contributed by atoms with Crippen LogP contribution in [0.3, 0.4) is 0 Å². The summed E-state index contributed by atoms with van der Waals surface area (Å²) in [6, 6.07) is 6.89. The molecule has 0 saturated carbocycles. The standard InChI is InChI=1S/C14H20N2O4/c1-3-10(2)16-13(17)8-20-14(18)9-19-12-7-5-4-6-11(12)15/h4-7,10H,3,8-9,15H2,1-2H3,(H,16,17). The highest BCUT2D eigenvalue weighted by atomic mass is 16.6. The van der Waals surface area contributed by atoms with Gasteiger partial charge in [0.15, 0.2) is 13.2 Å². The number of hydrogen-bond acceptors (Lipinski definition) is 5. The minimum absolute atomic E-state index is 0.0570. The summed E-state index contributed by atoms with van der Waals surface area (Å²) in [5.41, 5.74) is 6.10. The lowest BCUT2D eigenvalue weighted by atomic mass is 10.2. The zero-order valence-electron chi connectivity index (χ0n) is 11.7. The van der Waals surface area contributed by atoms with Gasteiger partial charge in [-0.15, -0.1) is 0 Å². The molecule has 0 spiro atoms. The van der Waals surface area contributed by atoms with Gasteiger partial charge in [0.1, 0.15) is 5.75 Å². The highest BCUT2D eigenvalue weighted by molar-refractivity contribution is 5.81. The summed E-state index contributed by atoms with van der Waals surface area (Å²) in [7, 11) is 0. The molecule has 1 amide bonds. The largest absolute Gasteiger partial charge is 0.480 e. The van der Waals surface area contributed by atoms with Gasteiger partial charge in [-0.1, -0.05) is 19.1 Å². The van der Waals surface area contributed by atoms with E-state index in [1.165, 1.54) is 0 Å². The van der Waals surface area contributed by atoms with E-state index in [0.717, 1.165) is 6.42 Å². The van der Waals surface area contributed by atoms with E-state index in [1.807, 2.05) is 13.8 Å². The zero-order chi connectivity index (χ0) is 15.0. The van der Waals surface area contributed by atoms with Crippen molar-refractivity contribution in [2.24, 2.45) is 0 Å². The number of hydrogen-bond donors (Lipinski definition) is 2. The van der Waals surface area contributed by atoms with Crippen LogP contribution in [0.25, 0.3) is 0 Å². The lowest BCUT2D eigenvalue weighted by Crippen LogP contribution is -2.35. The Kier molecular flexibility index (Phi) is 6.36. The number of amides is 1. The quantitative estimate of drug-likeness (QED) is 0.576. The summed E-state index contributed by atoms with van der Waals surface area (Å²) in [5.74, 6) is -0.534. The van der Waals surface area contributed by atoms with Gasteiger partial charge in [0.05, 0.1) is 5.69 Å². The number of nitrogen functional groups attached to an aromatic ring is 1. The van der Waals surface area contributed by atoms with E-state index in [4.69, 9.17) is 15.2 Å². The minimum Gasteiger partial charge on any atom is -0.480 e. The predicted octanol–water partition coefficient (Wildman–Crippen LogP) is 1.11. The molecule has 0 aliphatic rings. The van der Waals surface area contributed by atoms with Crippen LogP contribution in [-0.2, 0) is 14.3 Å². The fraction of sp³-hybridized carbons (Fsp3) is 0.429. The number of nitrogens with one attached hydrogen (secondary N) is 1. The maximum atomic E-state index is 11.4. The Morgan fingerprint density at radius 3 is 2.65 bits per heavy atom. The number of esters is 1. The van der Waals surface area contributed by atoms with Crippen molar-refractivity contribution in [1.82, 2.24) is 5.32 Å². The molecular weight excluding hydrogens is 260 g/mol. The van der Waals surface area contributed by atoms with E-state index in [9.17, 15) is 9.59 Å². The van der Waals surface area contributed by atoms with Gasteiger partial charge < -0.3 is 20.5 Å². The third-order valence-corrected chi connectivity index (χ3v) is 2.65. The number of para-hydroxylation sites is 2. The van der Waals surface area contributed by atoms with Crippen molar-refractivity contribution >= 4 is 17.6 Å². The van der Waals surface area contributed by atoms with E-state index in [2.05, 4.69) is 5.32 Å². The summed E-state index contributed by atoms with van der Waals surface area (Å²) in [5, 5.41) is 2.69. The van der Waals surface area contributed by atoms with Crippen LogP contribution in [0.15, 0.2) is 24.3 Å². The first-order valence-electron chi connectivity index (χ1n) is 6.45. The lowest BCUT2D eigenvalue weighted by Gasteiger charge is -2.12. The Morgan fingerprint density at radius 2 is 2.00 bits per heavy atom. The molecule has 1 atom stereocenters. The summed E-state index contributed by atoms with van der Waals surface area (Å²) >= 11 is 0. The summed E-state index contributed by atoms with van der Waals surface area (Å²) in [4.78, 5) is 22.8. The molecular formula is C14H20N2O4. The second-order valence-corrected chi connectivity index (χ2v) is 4.36. The van der Waals surface area contributed by atoms with Gasteiger partial charge in [-0.25, -0.2) is 4.79 Å². The highest BCUT2D eigenvalue weighted by Gasteiger charge is 2.10. The monoisotopic (exact) mass is 280 g/mol. The zero-order valence-corrected chi connectivity index (χ0v) is 11.7. The van der Waals surface area contributed by atoms with Gasteiger partial charge in [0.25, 0.3) is 5.91 Å². The maximum Gasteiger partial charge on any atom is 0.344 e. The van der Waals surface area contributed by atoms with Gasteiger partial charge in [-0.2, -0.15) is 0 Å². The molecule has 1 aromatic rings. The maximum absolute atomic E-state index is 11.4. The molecule has 1 rings (SSSR count). The predicted molar refractivity (Wildman–Crippen MR) is 75.2 cm³/mol. The van der Waals surface area contributed by atoms with Gasteiger partial charge in [0.2, 0.25) is 0 Å². The van der Waals surface area contributed by atoms with Crippen molar-refractivity contribution in [2.75, 3.05) is 18.9 Å². The van der Waals surface area contributed by atoms with E-state index in [1.54, 1.807) is 24.3 Å². The van der Waals surface area contributed by atoms with Gasteiger partial charge in [-0.05, 0) is 25.5 Å². The molecule has 1 aromatic carbocycles. The SMILES string of the molecule is CCC(C)NC(=O)COC(=O)COc1ccccc1N. The molecule has 0 aliphatic heterocycles. The van der Waals surface area contributed by atoms with Crippen LogP contribution in [0.4, 0.5) is 5.69 Å². The van der Waals surface area contributed by atoms with Gasteiger partial charge in [-0.3, -0.25) is 4.79 Å². The Balaban J connectivity index is 2.27. The molecule has 6 nitrogen and oxygen atoms in total. The van der Waals surface area contributed by atoms with Crippen LogP contribution in [0.5, 0.6) is 5.75 Å². The second-order valence-electron chi connectivity index (χ2n) is 4.36. The van der Waals surface area contributed by atoms with E-state index in [0.29, 0.717) is 11.4 Å². The Hall–Kier alpha value is -2.24. The molecule has 0 aromatic heterocycles. The van der Waals surface area contributed by atoms with Gasteiger partial charge in [0, 0.05) is 6.04 Å². The number of carbonyl (C=O) groups excluding carboxylic acids is 2. The van der Waals surface area contributed by atoms with E-state index >= 15 is 0 Å². The number of rotatable bonds is 7. The molecule has 0 radical (unpaired) electrons. The van der Waals surface area contributed by atoms with Gasteiger partial charge >= 0.3 is 5.97 Å². The van der Waals surface area contributed by atoms with Crippen molar-refractivity contribution in [1.29, 1.82) is 0 Å². The van der Waals surface area contributed by atoms with Crippen molar-refractivity contribution in [3.8, 4) is 5.75 Å². The number of carbonyl (C=O) groups is 2. The smallest absolute Gasteiger partial charge is 0.344 e. The van der Waals surface area contributed by atoms with Crippen LogP contribution in [0.1, 0.15) is 20.3 Å². The fourth-order valence-corrected chi connectivity index (χ4v) is 1.35. The highest BCUT2D eigenvalue weighted by Crippen LogP contribution is 2.19. The number of benzene rings is 1. The average Bonchev–Trinajstić information content (AvgIpc) is 2.44. The van der Waals surface area contributed by atoms with E-state index < -0.39 is 5.97 Å². The van der Waals surface area contributed by atoms with E-state index in [-0.39, 0.29) is 25.2 Å². The summed E-state index contributed by atoms with van der Waals surface area (Å²) < 4.78 is 10.00. The number of nitrogens with two attached hydrogens (primary N) is 1. The first-order valence-corrected chi connectivity index (χ1v) is 6.45. The summed E-state index contributed by atoms with van der Waals surface area (Å²) in [6.07, 6.45) is 0.816. The molecule has 6 heteroatoms. The number of anilines is 1. The van der Waals surface area contributed by atoms with Crippen molar-refractivity contribution in [3.63, 3.8) is 0 Å². The third-order valence-electron chi connectivity index (χ3n) is 2.65. The van der Waals surface area contributed by atoms with Crippen molar-refractivity contribution in [3.05, 3.63) is 24.3 Å². The Labute approximate surface area is 118 Å². The first-order chi connectivity index (χ1) is 9.52. The molecule has 110 valence electrons. The van der Waals surface area contributed by atoms with Crippen LogP contribution in [0.2, 0.25) is 0 Å². The normalized spacial score (nSPS) is 11.5. The van der Waals surface area contributed by atoms with Crippen molar-refractivity contribution < 1.29 is 19.1 Å². The minimum atomic E-state index is -0.618. The Bertz CT molecular complexity index is 462. The first kappa shape index (κ1) is 15.8. The molecule has 0 bridgehead atoms. The molecule has 20 heavy (non-hydrogen) atoms. The van der Waals surface area contributed by atoms with Crippen LogP contribution >= 0.6 is 0 Å². The molecule has 0 aliphatic carbocycles. The summed E-state index contributed by atoms with van der Waals surface area (Å²) in [6.45, 7) is 3.23. The second kappa shape index (κ2) is 8.04. The molecule has 0 saturated heterocycles. The molecule has 0 fully saturated rings. The van der Waals surface area contributed by atoms with Crippen LogP contribution < -0.4 is 15.8 Å². The third kappa shape index (κ3) is 5.60. The molecule has 3 N–H and O–H groups in total. The lowest BCUT2D eigenvalue weighted by molar-refractivity contribution is -0.150. The molecule has 0 heterocycles. The number of ether oxygens (including phenoxy) is 2. The Morgan fingerprint density at radius 1 is 1.30 bits per heavy atom.